The molecular weight excluding hydrogens is 204 g/mol. The molecule has 56 valence electrons. The molecule has 3 heteroatoms. The van der Waals surface area contributed by atoms with Crippen molar-refractivity contribution < 1.29 is 0 Å². The van der Waals surface area contributed by atoms with Crippen molar-refractivity contribution in [2.75, 3.05) is 0 Å². The number of nitrogens with two attached hydrogens (primary N) is 1. The molecule has 1 rings (SSSR count). The Morgan fingerprint density at radius 1 is 1.45 bits per heavy atom. The fourth-order valence-electron chi connectivity index (χ4n) is 0.797. The number of hydrogen-bond acceptors (Lipinski definition) is 2. The lowest BCUT2D eigenvalue weighted by atomic mass is 10.1. The van der Waals surface area contributed by atoms with Gasteiger partial charge >= 0.3 is 0 Å². The van der Waals surface area contributed by atoms with Crippen LogP contribution in [0.5, 0.6) is 0 Å². The Labute approximate surface area is 73.8 Å². The van der Waals surface area contributed by atoms with Crippen molar-refractivity contribution in [3.05, 3.63) is 34.3 Å². The number of rotatable bonds is 1. The number of nitriles is 1. The van der Waals surface area contributed by atoms with Gasteiger partial charge in [-0.05, 0) is 11.6 Å². The summed E-state index contributed by atoms with van der Waals surface area (Å²) < 4.78 is 0.883. The van der Waals surface area contributed by atoms with Gasteiger partial charge in [-0.2, -0.15) is 5.26 Å². The van der Waals surface area contributed by atoms with Crippen LogP contribution in [0.4, 0.5) is 0 Å². The molecule has 1 atom stereocenters. The Hall–Kier alpha value is -0.850. The molecule has 0 radical (unpaired) electrons. The lowest BCUT2D eigenvalue weighted by molar-refractivity contribution is 0.920. The summed E-state index contributed by atoms with van der Waals surface area (Å²) in [5.41, 5.74) is 6.33. The topological polar surface area (TPSA) is 49.8 Å². The second-order valence-electron chi connectivity index (χ2n) is 2.13. The molecule has 0 heterocycles. The third-order valence-corrected chi connectivity index (χ3v) is 2.10. The van der Waals surface area contributed by atoms with Crippen molar-refractivity contribution in [1.29, 1.82) is 5.26 Å². The minimum atomic E-state index is -0.537. The van der Waals surface area contributed by atoms with E-state index >= 15 is 0 Å². The van der Waals surface area contributed by atoms with Crippen molar-refractivity contribution in [3.8, 4) is 6.07 Å². The van der Waals surface area contributed by atoms with Crippen molar-refractivity contribution >= 4 is 15.9 Å². The van der Waals surface area contributed by atoms with Crippen LogP contribution in [0.15, 0.2) is 28.7 Å². The zero-order valence-electron chi connectivity index (χ0n) is 5.79. The van der Waals surface area contributed by atoms with E-state index in [1.807, 2.05) is 30.3 Å². The van der Waals surface area contributed by atoms with Gasteiger partial charge in [0.05, 0.1) is 6.07 Å². The maximum Gasteiger partial charge on any atom is 0.119 e. The third kappa shape index (κ3) is 1.79. The molecule has 0 amide bonds. The largest absolute Gasteiger partial charge is 0.312 e. The first-order valence-electron chi connectivity index (χ1n) is 3.15. The Kier molecular flexibility index (Phi) is 2.64. The fourth-order valence-corrected chi connectivity index (χ4v) is 1.33. The number of benzene rings is 1. The average Bonchev–Trinajstić information content (AvgIpc) is 2.04. The molecule has 0 fully saturated rings. The highest BCUT2D eigenvalue weighted by molar-refractivity contribution is 9.10. The molecule has 0 saturated heterocycles. The van der Waals surface area contributed by atoms with Crippen LogP contribution in [0.2, 0.25) is 0 Å². The zero-order valence-corrected chi connectivity index (χ0v) is 7.38. The maximum absolute atomic E-state index is 8.52. The van der Waals surface area contributed by atoms with Gasteiger partial charge in [-0.3, -0.25) is 0 Å². The Morgan fingerprint density at radius 2 is 2.09 bits per heavy atom. The van der Waals surface area contributed by atoms with Gasteiger partial charge in [-0.25, -0.2) is 0 Å². The van der Waals surface area contributed by atoms with Crippen LogP contribution in [0.25, 0.3) is 0 Å². The summed E-state index contributed by atoms with van der Waals surface area (Å²) in [6, 6.07) is 8.88. The number of nitrogens with zero attached hydrogens (tertiary/aromatic N) is 1. The molecule has 1 aromatic rings. The predicted molar refractivity (Wildman–Crippen MR) is 46.7 cm³/mol. The van der Waals surface area contributed by atoms with E-state index in [9.17, 15) is 0 Å². The molecule has 0 aliphatic rings. The third-order valence-electron chi connectivity index (χ3n) is 1.38. The molecule has 0 bridgehead atoms. The Balaban J connectivity index is 3.05. The van der Waals surface area contributed by atoms with Gasteiger partial charge in [0.1, 0.15) is 6.04 Å². The summed E-state index contributed by atoms with van der Waals surface area (Å²) in [7, 11) is 0. The minimum absolute atomic E-state index is 0.537. The summed E-state index contributed by atoms with van der Waals surface area (Å²) in [4.78, 5) is 0. The van der Waals surface area contributed by atoms with Crippen LogP contribution in [0, 0.1) is 11.3 Å². The lowest BCUT2D eigenvalue weighted by Crippen LogP contribution is -2.07. The highest BCUT2D eigenvalue weighted by Crippen LogP contribution is 2.20. The van der Waals surface area contributed by atoms with E-state index in [1.54, 1.807) is 0 Å². The van der Waals surface area contributed by atoms with Crippen LogP contribution in [-0.2, 0) is 0 Å². The monoisotopic (exact) mass is 210 g/mol. The quantitative estimate of drug-likeness (QED) is 0.771. The van der Waals surface area contributed by atoms with E-state index < -0.39 is 6.04 Å². The smallest absolute Gasteiger partial charge is 0.119 e. The van der Waals surface area contributed by atoms with E-state index in [4.69, 9.17) is 11.0 Å². The molecule has 2 N–H and O–H groups in total. The Morgan fingerprint density at radius 3 is 2.64 bits per heavy atom. The second kappa shape index (κ2) is 3.51. The molecule has 1 unspecified atom stereocenters. The highest BCUT2D eigenvalue weighted by Gasteiger charge is 2.06. The molecule has 11 heavy (non-hydrogen) atoms. The molecule has 2 nitrogen and oxygen atoms in total. The van der Waals surface area contributed by atoms with E-state index in [0.717, 1.165) is 10.0 Å². The van der Waals surface area contributed by atoms with Crippen molar-refractivity contribution in [3.63, 3.8) is 0 Å². The average molecular weight is 211 g/mol. The Bertz CT molecular complexity index is 290. The highest BCUT2D eigenvalue weighted by atomic mass is 79.9. The second-order valence-corrected chi connectivity index (χ2v) is 2.98. The summed E-state index contributed by atoms with van der Waals surface area (Å²) in [5, 5.41) is 8.52. The van der Waals surface area contributed by atoms with E-state index in [2.05, 4.69) is 15.9 Å². The molecule has 1 aromatic carbocycles. The number of hydrogen-bond donors (Lipinski definition) is 1. The molecule has 0 saturated carbocycles. The van der Waals surface area contributed by atoms with E-state index in [0.29, 0.717) is 0 Å². The van der Waals surface area contributed by atoms with Gasteiger partial charge in [0.25, 0.3) is 0 Å². The maximum atomic E-state index is 8.52. The van der Waals surface area contributed by atoms with Gasteiger partial charge in [0, 0.05) is 4.47 Å². The first kappa shape index (κ1) is 8.25. The summed E-state index contributed by atoms with van der Waals surface area (Å²) in [6.07, 6.45) is 0. The normalized spacial score (nSPS) is 12.1. The first-order chi connectivity index (χ1) is 5.25. The van der Waals surface area contributed by atoms with Gasteiger partial charge in [0.2, 0.25) is 0 Å². The summed E-state index contributed by atoms with van der Waals surface area (Å²) in [5.74, 6) is 0. The zero-order chi connectivity index (χ0) is 8.27. The first-order valence-corrected chi connectivity index (χ1v) is 3.94. The van der Waals surface area contributed by atoms with E-state index in [1.165, 1.54) is 0 Å². The number of halogens is 1. The SMILES string of the molecule is N#CC(N)c1ccccc1Br. The summed E-state index contributed by atoms with van der Waals surface area (Å²) >= 11 is 3.31. The van der Waals surface area contributed by atoms with Crippen LogP contribution < -0.4 is 5.73 Å². The lowest BCUT2D eigenvalue weighted by Gasteiger charge is -2.03. The van der Waals surface area contributed by atoms with Crippen LogP contribution in [-0.4, -0.2) is 0 Å². The minimum Gasteiger partial charge on any atom is -0.312 e. The molecule has 0 aliphatic heterocycles. The standard InChI is InChI=1S/C8H7BrN2/c9-7-4-2-1-3-6(7)8(11)5-10/h1-4,8H,11H2. The van der Waals surface area contributed by atoms with Gasteiger partial charge in [-0.15, -0.1) is 0 Å². The van der Waals surface area contributed by atoms with Gasteiger partial charge in [0.15, 0.2) is 0 Å². The molecule has 0 spiro atoms. The van der Waals surface area contributed by atoms with Crippen molar-refractivity contribution in [1.82, 2.24) is 0 Å². The predicted octanol–water partition coefficient (Wildman–Crippen LogP) is 1.97. The van der Waals surface area contributed by atoms with Crippen molar-refractivity contribution in [2.24, 2.45) is 5.73 Å². The summed E-state index contributed by atoms with van der Waals surface area (Å²) in [6.45, 7) is 0. The van der Waals surface area contributed by atoms with E-state index in [-0.39, 0.29) is 0 Å². The van der Waals surface area contributed by atoms with Gasteiger partial charge in [-0.1, -0.05) is 34.1 Å². The molecule has 0 aliphatic carbocycles. The van der Waals surface area contributed by atoms with Gasteiger partial charge < -0.3 is 5.73 Å². The van der Waals surface area contributed by atoms with Crippen molar-refractivity contribution in [2.45, 2.75) is 6.04 Å². The van der Waals surface area contributed by atoms with Crippen LogP contribution >= 0.6 is 15.9 Å². The molecular formula is C8H7BrN2. The fraction of sp³-hybridized carbons (Fsp3) is 0.125. The molecule has 0 aromatic heterocycles. The van der Waals surface area contributed by atoms with Crippen LogP contribution in [0.3, 0.4) is 0 Å². The van der Waals surface area contributed by atoms with Crippen LogP contribution in [0.1, 0.15) is 11.6 Å².